The lowest BCUT2D eigenvalue weighted by atomic mass is 9.80. The van der Waals surface area contributed by atoms with Gasteiger partial charge < -0.3 is 5.73 Å². The van der Waals surface area contributed by atoms with Crippen molar-refractivity contribution in [3.05, 3.63) is 16.8 Å². The molecule has 2 heterocycles. The maximum atomic E-state index is 6.11. The van der Waals surface area contributed by atoms with Crippen LogP contribution in [0.5, 0.6) is 0 Å². The molecule has 108 valence electrons. The molecule has 1 saturated carbocycles. The van der Waals surface area contributed by atoms with Crippen LogP contribution >= 0.6 is 11.3 Å². The van der Waals surface area contributed by atoms with Gasteiger partial charge in [-0.2, -0.15) is 0 Å². The van der Waals surface area contributed by atoms with Crippen LogP contribution in [-0.4, -0.2) is 9.97 Å². The molecular weight excluding hydrogens is 266 g/mol. The fraction of sp³-hybridized carbons (Fsp3) is 0.625. The van der Waals surface area contributed by atoms with E-state index in [9.17, 15) is 0 Å². The quantitative estimate of drug-likeness (QED) is 0.894. The Labute approximate surface area is 124 Å². The largest absolute Gasteiger partial charge is 0.383 e. The number of aromatic nitrogens is 2. The van der Waals surface area contributed by atoms with E-state index in [0.717, 1.165) is 22.0 Å². The average molecular weight is 289 g/mol. The highest BCUT2D eigenvalue weighted by atomic mass is 32.1. The number of thiophene rings is 1. The van der Waals surface area contributed by atoms with Crippen LogP contribution in [0.1, 0.15) is 62.1 Å². The van der Waals surface area contributed by atoms with Crippen LogP contribution in [-0.2, 0) is 0 Å². The third-order valence-electron chi connectivity index (χ3n) is 4.47. The monoisotopic (exact) mass is 289 g/mol. The Kier molecular flexibility index (Phi) is 3.92. The van der Waals surface area contributed by atoms with Crippen molar-refractivity contribution < 1.29 is 0 Å². The number of fused-ring (bicyclic) bond motifs is 1. The first-order chi connectivity index (χ1) is 9.67. The maximum Gasteiger partial charge on any atom is 0.135 e. The molecule has 1 aliphatic carbocycles. The average Bonchev–Trinajstić information content (AvgIpc) is 2.81. The van der Waals surface area contributed by atoms with E-state index in [-0.39, 0.29) is 0 Å². The summed E-state index contributed by atoms with van der Waals surface area (Å²) in [5, 5.41) is 1.02. The van der Waals surface area contributed by atoms with Gasteiger partial charge in [0.25, 0.3) is 0 Å². The first kappa shape index (κ1) is 13.8. The highest BCUT2D eigenvalue weighted by Gasteiger charge is 2.24. The Morgan fingerprint density at radius 3 is 2.70 bits per heavy atom. The number of nitrogens with zero attached hydrogens (tertiary/aromatic N) is 2. The number of nitrogen functional groups attached to an aromatic ring is 1. The van der Waals surface area contributed by atoms with Gasteiger partial charge in [0.2, 0.25) is 0 Å². The summed E-state index contributed by atoms with van der Waals surface area (Å²) in [5.41, 5.74) is 6.11. The fourth-order valence-electron chi connectivity index (χ4n) is 3.38. The molecule has 0 bridgehead atoms. The number of nitrogens with two attached hydrogens (primary N) is 1. The third-order valence-corrected chi connectivity index (χ3v) is 5.42. The van der Waals surface area contributed by atoms with Gasteiger partial charge in [0.1, 0.15) is 16.5 Å². The zero-order chi connectivity index (χ0) is 14.1. The van der Waals surface area contributed by atoms with Crippen molar-refractivity contribution in [2.45, 2.75) is 58.3 Å². The van der Waals surface area contributed by atoms with Gasteiger partial charge in [0, 0.05) is 10.8 Å². The Bertz CT molecular complexity index is 597. The summed E-state index contributed by atoms with van der Waals surface area (Å²) in [6.07, 6.45) is 7.77. The molecule has 3 nitrogen and oxygen atoms in total. The van der Waals surface area contributed by atoms with Crippen LogP contribution in [0, 0.1) is 12.8 Å². The zero-order valence-corrected chi connectivity index (χ0v) is 13.2. The number of aryl methyl sites for hydroxylation is 1. The van der Waals surface area contributed by atoms with Crippen LogP contribution in [0.25, 0.3) is 10.2 Å². The summed E-state index contributed by atoms with van der Waals surface area (Å²) >= 11 is 1.72. The van der Waals surface area contributed by atoms with Crippen LogP contribution in [0.3, 0.4) is 0 Å². The van der Waals surface area contributed by atoms with E-state index in [0.29, 0.717) is 11.7 Å². The summed E-state index contributed by atoms with van der Waals surface area (Å²) in [7, 11) is 0. The fourth-order valence-corrected chi connectivity index (χ4v) is 4.28. The molecule has 1 fully saturated rings. The summed E-state index contributed by atoms with van der Waals surface area (Å²) in [5.74, 6) is 3.07. The first-order valence-electron chi connectivity index (χ1n) is 7.71. The summed E-state index contributed by atoms with van der Waals surface area (Å²) in [4.78, 5) is 11.7. The van der Waals surface area contributed by atoms with Crippen molar-refractivity contribution in [3.63, 3.8) is 0 Å². The van der Waals surface area contributed by atoms with Crippen LogP contribution in [0.2, 0.25) is 0 Å². The van der Waals surface area contributed by atoms with Gasteiger partial charge in [0.15, 0.2) is 0 Å². The summed E-state index contributed by atoms with van der Waals surface area (Å²) in [6.45, 7) is 4.38. The normalized spacial score (nSPS) is 23.3. The lowest BCUT2D eigenvalue weighted by Crippen LogP contribution is -2.15. The first-order valence-corrected chi connectivity index (χ1v) is 8.52. The molecule has 0 spiro atoms. The second-order valence-corrected chi connectivity index (χ2v) is 7.28. The van der Waals surface area contributed by atoms with Crippen molar-refractivity contribution in [2.75, 3.05) is 5.73 Å². The summed E-state index contributed by atoms with van der Waals surface area (Å²) < 4.78 is 0. The SMILES string of the molecule is CCCC1CCC(c2nc(N)c3cc(C)sc3n2)CC1. The molecule has 0 unspecified atom stereocenters. The number of anilines is 1. The molecule has 0 saturated heterocycles. The van der Waals surface area contributed by atoms with E-state index in [4.69, 9.17) is 10.7 Å². The molecule has 0 aromatic carbocycles. The molecule has 2 aromatic rings. The molecule has 3 rings (SSSR count). The second-order valence-electron chi connectivity index (χ2n) is 6.05. The minimum absolute atomic E-state index is 0.511. The molecule has 0 aliphatic heterocycles. The van der Waals surface area contributed by atoms with Gasteiger partial charge in [-0.1, -0.05) is 19.8 Å². The molecule has 0 radical (unpaired) electrons. The van der Waals surface area contributed by atoms with Gasteiger partial charge in [-0.05, 0) is 44.6 Å². The van der Waals surface area contributed by atoms with Crippen LogP contribution in [0.15, 0.2) is 6.07 Å². The van der Waals surface area contributed by atoms with Crippen molar-refractivity contribution in [1.29, 1.82) is 0 Å². The molecular formula is C16H23N3S. The molecule has 1 aliphatic rings. The molecule has 2 N–H and O–H groups in total. The Morgan fingerprint density at radius 1 is 1.25 bits per heavy atom. The molecule has 2 aromatic heterocycles. The Balaban J connectivity index is 1.81. The number of hydrogen-bond acceptors (Lipinski definition) is 4. The Morgan fingerprint density at radius 2 is 2.00 bits per heavy atom. The predicted molar refractivity (Wildman–Crippen MR) is 86.2 cm³/mol. The van der Waals surface area contributed by atoms with Crippen LogP contribution in [0.4, 0.5) is 5.82 Å². The van der Waals surface area contributed by atoms with E-state index in [1.165, 1.54) is 43.4 Å². The molecule has 20 heavy (non-hydrogen) atoms. The standard InChI is InChI=1S/C16H23N3S/c1-3-4-11-5-7-12(8-6-11)15-18-14(17)13-9-10(2)20-16(13)19-15/h9,11-12H,3-8H2,1-2H3,(H2,17,18,19). The molecule has 0 atom stereocenters. The van der Waals surface area contributed by atoms with Gasteiger partial charge in [-0.15, -0.1) is 11.3 Å². The van der Waals surface area contributed by atoms with Gasteiger partial charge in [-0.3, -0.25) is 0 Å². The van der Waals surface area contributed by atoms with E-state index in [1.54, 1.807) is 11.3 Å². The minimum Gasteiger partial charge on any atom is -0.383 e. The number of rotatable bonds is 3. The highest BCUT2D eigenvalue weighted by Crippen LogP contribution is 2.37. The van der Waals surface area contributed by atoms with Crippen molar-refractivity contribution in [3.8, 4) is 0 Å². The van der Waals surface area contributed by atoms with E-state index >= 15 is 0 Å². The zero-order valence-electron chi connectivity index (χ0n) is 12.4. The lowest BCUT2D eigenvalue weighted by molar-refractivity contribution is 0.303. The minimum atomic E-state index is 0.511. The second kappa shape index (κ2) is 5.68. The van der Waals surface area contributed by atoms with Gasteiger partial charge >= 0.3 is 0 Å². The van der Waals surface area contributed by atoms with Gasteiger partial charge in [-0.25, -0.2) is 9.97 Å². The molecule has 0 amide bonds. The van der Waals surface area contributed by atoms with Crippen LogP contribution < -0.4 is 5.73 Å². The highest BCUT2D eigenvalue weighted by molar-refractivity contribution is 7.18. The van der Waals surface area contributed by atoms with E-state index < -0.39 is 0 Å². The maximum absolute atomic E-state index is 6.11. The van der Waals surface area contributed by atoms with Gasteiger partial charge in [0.05, 0.1) is 5.39 Å². The van der Waals surface area contributed by atoms with Crippen molar-refractivity contribution in [1.82, 2.24) is 9.97 Å². The van der Waals surface area contributed by atoms with E-state index in [2.05, 4.69) is 24.9 Å². The van der Waals surface area contributed by atoms with Crippen molar-refractivity contribution in [2.24, 2.45) is 5.92 Å². The van der Waals surface area contributed by atoms with E-state index in [1.807, 2.05) is 0 Å². The van der Waals surface area contributed by atoms with Crippen molar-refractivity contribution >= 4 is 27.4 Å². The smallest absolute Gasteiger partial charge is 0.135 e. The molecule has 4 heteroatoms. The Hall–Kier alpha value is -1.16. The topological polar surface area (TPSA) is 51.8 Å². The lowest BCUT2D eigenvalue weighted by Gasteiger charge is -2.27. The summed E-state index contributed by atoms with van der Waals surface area (Å²) in [6, 6.07) is 2.09. The number of hydrogen-bond donors (Lipinski definition) is 1. The predicted octanol–water partition coefficient (Wildman–Crippen LogP) is 4.66. The third kappa shape index (κ3) is 2.66.